The molecule has 0 spiro atoms. The molecule has 2 N–H and O–H groups in total. The number of thioether (sulfide) groups is 1. The van der Waals surface area contributed by atoms with E-state index >= 15 is 0 Å². The summed E-state index contributed by atoms with van der Waals surface area (Å²) in [6.07, 6.45) is 0. The monoisotopic (exact) mass is 422 g/mol. The Morgan fingerprint density at radius 3 is 2.10 bits per heavy atom. The lowest BCUT2D eigenvalue weighted by Crippen LogP contribution is -2.14. The van der Waals surface area contributed by atoms with E-state index in [2.05, 4.69) is 10.6 Å². The van der Waals surface area contributed by atoms with Gasteiger partial charge in [-0.25, -0.2) is 0 Å². The van der Waals surface area contributed by atoms with Crippen LogP contribution in [0.15, 0.2) is 77.7 Å². The zero-order valence-electron chi connectivity index (χ0n) is 16.7. The summed E-state index contributed by atoms with van der Waals surface area (Å²) in [5, 5.41) is 5.70. The SMILES string of the molecule is COc1ccc(NC(=O)CSc2ccc(NC(=O)c3cccc(OC)c3)cc2)cc1. The maximum Gasteiger partial charge on any atom is 0.255 e. The van der Waals surface area contributed by atoms with Gasteiger partial charge < -0.3 is 20.1 Å². The first-order chi connectivity index (χ1) is 14.6. The number of benzene rings is 3. The van der Waals surface area contributed by atoms with Gasteiger partial charge in [-0.2, -0.15) is 0 Å². The zero-order valence-corrected chi connectivity index (χ0v) is 17.5. The van der Waals surface area contributed by atoms with Crippen molar-refractivity contribution in [2.24, 2.45) is 0 Å². The average molecular weight is 423 g/mol. The van der Waals surface area contributed by atoms with E-state index < -0.39 is 0 Å². The van der Waals surface area contributed by atoms with Crippen molar-refractivity contribution in [3.8, 4) is 11.5 Å². The van der Waals surface area contributed by atoms with E-state index in [9.17, 15) is 9.59 Å². The molecule has 30 heavy (non-hydrogen) atoms. The molecular formula is C23H22N2O4S. The molecule has 0 aromatic heterocycles. The van der Waals surface area contributed by atoms with Gasteiger partial charge in [-0.1, -0.05) is 6.07 Å². The van der Waals surface area contributed by atoms with Crippen molar-refractivity contribution < 1.29 is 19.1 Å². The lowest BCUT2D eigenvalue weighted by molar-refractivity contribution is -0.113. The minimum absolute atomic E-state index is 0.0967. The van der Waals surface area contributed by atoms with Crippen LogP contribution in [0.2, 0.25) is 0 Å². The highest BCUT2D eigenvalue weighted by atomic mass is 32.2. The van der Waals surface area contributed by atoms with Gasteiger partial charge in [-0.15, -0.1) is 11.8 Å². The van der Waals surface area contributed by atoms with Gasteiger partial charge in [0.1, 0.15) is 11.5 Å². The number of nitrogens with one attached hydrogen (secondary N) is 2. The Hall–Kier alpha value is -3.45. The van der Waals surface area contributed by atoms with Gasteiger partial charge in [-0.05, 0) is 66.7 Å². The van der Waals surface area contributed by atoms with Crippen molar-refractivity contribution in [3.05, 3.63) is 78.4 Å². The quantitative estimate of drug-likeness (QED) is 0.515. The lowest BCUT2D eigenvalue weighted by Gasteiger charge is -2.08. The molecule has 3 aromatic rings. The first-order valence-electron chi connectivity index (χ1n) is 9.19. The molecule has 0 aliphatic rings. The summed E-state index contributed by atoms with van der Waals surface area (Å²) in [6, 6.07) is 21.5. The number of carbonyl (C=O) groups is 2. The number of hydrogen-bond donors (Lipinski definition) is 2. The Morgan fingerprint density at radius 2 is 1.43 bits per heavy atom. The van der Waals surface area contributed by atoms with Gasteiger partial charge in [0.05, 0.1) is 20.0 Å². The Labute approximate surface area is 179 Å². The minimum Gasteiger partial charge on any atom is -0.497 e. The molecule has 0 heterocycles. The van der Waals surface area contributed by atoms with E-state index in [-0.39, 0.29) is 17.6 Å². The highest BCUT2D eigenvalue weighted by Gasteiger charge is 2.08. The molecule has 0 aliphatic carbocycles. The van der Waals surface area contributed by atoms with Gasteiger partial charge >= 0.3 is 0 Å². The predicted molar refractivity (Wildman–Crippen MR) is 120 cm³/mol. The van der Waals surface area contributed by atoms with Crippen LogP contribution in [-0.2, 0) is 4.79 Å². The molecular weight excluding hydrogens is 400 g/mol. The molecule has 0 atom stereocenters. The molecule has 7 heteroatoms. The van der Waals surface area contributed by atoms with Gasteiger partial charge in [0.15, 0.2) is 0 Å². The van der Waals surface area contributed by atoms with Crippen molar-refractivity contribution in [1.29, 1.82) is 0 Å². The summed E-state index contributed by atoms with van der Waals surface area (Å²) in [7, 11) is 3.16. The third-order valence-electron chi connectivity index (χ3n) is 4.19. The van der Waals surface area contributed by atoms with E-state index in [0.29, 0.717) is 17.0 Å². The van der Waals surface area contributed by atoms with Crippen LogP contribution in [0.25, 0.3) is 0 Å². The zero-order chi connectivity index (χ0) is 21.3. The van der Waals surface area contributed by atoms with E-state index in [1.54, 1.807) is 62.8 Å². The fourth-order valence-electron chi connectivity index (χ4n) is 2.62. The number of rotatable bonds is 8. The van der Waals surface area contributed by atoms with Gasteiger partial charge in [0.2, 0.25) is 5.91 Å². The average Bonchev–Trinajstić information content (AvgIpc) is 2.79. The molecule has 0 saturated heterocycles. The summed E-state index contributed by atoms with van der Waals surface area (Å²) in [4.78, 5) is 25.4. The topological polar surface area (TPSA) is 76.7 Å². The lowest BCUT2D eigenvalue weighted by atomic mass is 10.2. The van der Waals surface area contributed by atoms with Crippen LogP contribution in [0.1, 0.15) is 10.4 Å². The molecule has 0 radical (unpaired) electrons. The third kappa shape index (κ3) is 6.02. The maximum atomic E-state index is 12.4. The summed E-state index contributed by atoms with van der Waals surface area (Å²) in [5.41, 5.74) is 1.91. The van der Waals surface area contributed by atoms with Crippen molar-refractivity contribution in [1.82, 2.24) is 0 Å². The molecule has 0 bridgehead atoms. The largest absolute Gasteiger partial charge is 0.497 e. The first kappa shape index (κ1) is 21.3. The molecule has 154 valence electrons. The molecule has 6 nitrogen and oxygen atoms in total. The summed E-state index contributed by atoms with van der Waals surface area (Å²) >= 11 is 1.42. The Balaban J connectivity index is 1.50. The van der Waals surface area contributed by atoms with Crippen LogP contribution >= 0.6 is 11.8 Å². The molecule has 3 rings (SSSR count). The Bertz CT molecular complexity index is 1000. The van der Waals surface area contributed by atoms with E-state index in [1.807, 2.05) is 24.3 Å². The van der Waals surface area contributed by atoms with Gasteiger partial charge in [0.25, 0.3) is 5.91 Å². The molecule has 0 aliphatic heterocycles. The molecule has 0 fully saturated rings. The third-order valence-corrected chi connectivity index (χ3v) is 5.20. The fraction of sp³-hybridized carbons (Fsp3) is 0.130. The Kier molecular flexibility index (Phi) is 7.34. The number of methoxy groups -OCH3 is 2. The van der Waals surface area contributed by atoms with E-state index in [0.717, 1.165) is 16.3 Å². The second kappa shape index (κ2) is 10.4. The number of ether oxygens (including phenoxy) is 2. The van der Waals surface area contributed by atoms with Crippen LogP contribution in [-0.4, -0.2) is 31.8 Å². The summed E-state index contributed by atoms with van der Waals surface area (Å²) in [6.45, 7) is 0. The highest BCUT2D eigenvalue weighted by Crippen LogP contribution is 2.22. The highest BCUT2D eigenvalue weighted by molar-refractivity contribution is 8.00. The van der Waals surface area contributed by atoms with E-state index in [4.69, 9.17) is 9.47 Å². The van der Waals surface area contributed by atoms with Crippen LogP contribution in [0.4, 0.5) is 11.4 Å². The predicted octanol–water partition coefficient (Wildman–Crippen LogP) is 4.69. The fourth-order valence-corrected chi connectivity index (χ4v) is 3.32. The first-order valence-corrected chi connectivity index (χ1v) is 10.2. The standard InChI is InChI=1S/C23H22N2O4S/c1-28-19-10-6-17(7-11-19)24-22(26)15-30-21-12-8-18(9-13-21)25-23(27)16-4-3-5-20(14-16)29-2/h3-14H,15H2,1-2H3,(H,24,26)(H,25,27). The summed E-state index contributed by atoms with van der Waals surface area (Å²) in [5.74, 6) is 1.33. The van der Waals surface area contributed by atoms with Crippen LogP contribution in [0, 0.1) is 0 Å². The van der Waals surface area contributed by atoms with Gasteiger partial charge in [0, 0.05) is 21.8 Å². The number of anilines is 2. The van der Waals surface area contributed by atoms with Gasteiger partial charge in [-0.3, -0.25) is 9.59 Å². The molecule has 3 aromatic carbocycles. The van der Waals surface area contributed by atoms with Crippen molar-refractivity contribution >= 4 is 35.0 Å². The molecule has 2 amide bonds. The molecule has 0 saturated carbocycles. The molecule has 0 unspecified atom stereocenters. The Morgan fingerprint density at radius 1 is 0.800 bits per heavy atom. The smallest absolute Gasteiger partial charge is 0.255 e. The number of amides is 2. The number of carbonyl (C=O) groups excluding carboxylic acids is 2. The van der Waals surface area contributed by atoms with Crippen LogP contribution in [0.5, 0.6) is 11.5 Å². The van der Waals surface area contributed by atoms with Crippen molar-refractivity contribution in [2.45, 2.75) is 4.90 Å². The minimum atomic E-state index is -0.215. The number of hydrogen-bond acceptors (Lipinski definition) is 5. The second-order valence-corrected chi connectivity index (χ2v) is 7.32. The van der Waals surface area contributed by atoms with Crippen LogP contribution in [0.3, 0.4) is 0 Å². The second-order valence-electron chi connectivity index (χ2n) is 6.28. The maximum absolute atomic E-state index is 12.4. The summed E-state index contributed by atoms with van der Waals surface area (Å²) < 4.78 is 10.2. The normalized spacial score (nSPS) is 10.2. The van der Waals surface area contributed by atoms with Crippen LogP contribution < -0.4 is 20.1 Å². The van der Waals surface area contributed by atoms with Crippen molar-refractivity contribution in [2.75, 3.05) is 30.6 Å². The van der Waals surface area contributed by atoms with E-state index in [1.165, 1.54) is 11.8 Å². The van der Waals surface area contributed by atoms with Crippen molar-refractivity contribution in [3.63, 3.8) is 0 Å².